The van der Waals surface area contributed by atoms with E-state index in [4.69, 9.17) is 0 Å². The normalized spacial score (nSPS) is 12.6. The Morgan fingerprint density at radius 2 is 1.83 bits per heavy atom. The number of nitrogens with one attached hydrogen (secondary N) is 2. The second-order valence-electron chi connectivity index (χ2n) is 7.49. The highest BCUT2D eigenvalue weighted by atomic mass is 16.2. The topological polar surface area (TPSA) is 93.1 Å². The van der Waals surface area contributed by atoms with Crippen LogP contribution < -0.4 is 16.4 Å². The number of rotatable bonds is 5. The van der Waals surface area contributed by atoms with Crippen molar-refractivity contribution in [3.63, 3.8) is 0 Å². The van der Waals surface area contributed by atoms with Gasteiger partial charge in [-0.3, -0.25) is 29.8 Å². The average Bonchev–Trinajstić information content (AvgIpc) is 3.25. The van der Waals surface area contributed by atoms with Crippen LogP contribution >= 0.6 is 0 Å². The summed E-state index contributed by atoms with van der Waals surface area (Å²) >= 11 is 0. The molecule has 0 saturated heterocycles. The summed E-state index contributed by atoms with van der Waals surface area (Å²) in [5.74, 6) is 0.0446. The maximum Gasteiger partial charge on any atom is 0.269 e. The van der Waals surface area contributed by atoms with Crippen LogP contribution in [0, 0.1) is 0 Å². The first-order valence-electron chi connectivity index (χ1n) is 10.3. The molecule has 0 saturated carbocycles. The minimum Gasteiger partial charge on any atom is -0.296 e. The Kier molecular flexibility index (Phi) is 5.61. The maximum absolute atomic E-state index is 12.5. The SMILES string of the molecule is CCc1ccc(CCC(=O)NNC(=O)c2ccc3c(=O)n4c(nc3c2)CCC4)cc1. The number of hydrogen-bond acceptors (Lipinski definition) is 4. The van der Waals surface area contributed by atoms with Gasteiger partial charge < -0.3 is 0 Å². The lowest BCUT2D eigenvalue weighted by Crippen LogP contribution is -2.41. The zero-order valence-electron chi connectivity index (χ0n) is 16.9. The van der Waals surface area contributed by atoms with Crippen LogP contribution in [0.5, 0.6) is 0 Å². The summed E-state index contributed by atoms with van der Waals surface area (Å²) in [6.07, 6.45) is 3.52. The van der Waals surface area contributed by atoms with Crippen molar-refractivity contribution < 1.29 is 9.59 Å². The Labute approximate surface area is 174 Å². The Bertz CT molecular complexity index is 1170. The summed E-state index contributed by atoms with van der Waals surface area (Å²) in [5.41, 5.74) is 7.99. The minimum atomic E-state index is -0.444. The molecule has 30 heavy (non-hydrogen) atoms. The first-order chi connectivity index (χ1) is 14.5. The lowest BCUT2D eigenvalue weighted by molar-refractivity contribution is -0.121. The molecule has 0 aliphatic carbocycles. The van der Waals surface area contributed by atoms with Gasteiger partial charge in [-0.15, -0.1) is 0 Å². The number of carbonyl (C=O) groups excluding carboxylic acids is 2. The van der Waals surface area contributed by atoms with Crippen LogP contribution in [0.3, 0.4) is 0 Å². The molecule has 7 heteroatoms. The first-order valence-corrected chi connectivity index (χ1v) is 10.3. The third-order valence-corrected chi connectivity index (χ3v) is 5.47. The van der Waals surface area contributed by atoms with E-state index in [-0.39, 0.29) is 17.9 Å². The summed E-state index contributed by atoms with van der Waals surface area (Å²) < 4.78 is 1.69. The van der Waals surface area contributed by atoms with E-state index < -0.39 is 5.91 Å². The van der Waals surface area contributed by atoms with E-state index in [9.17, 15) is 14.4 Å². The molecule has 1 aliphatic rings. The third kappa shape index (κ3) is 4.10. The van der Waals surface area contributed by atoms with Gasteiger partial charge >= 0.3 is 0 Å². The van der Waals surface area contributed by atoms with E-state index >= 15 is 0 Å². The van der Waals surface area contributed by atoms with Crippen LogP contribution in [0.15, 0.2) is 47.3 Å². The molecule has 7 nitrogen and oxygen atoms in total. The van der Waals surface area contributed by atoms with Crippen LogP contribution in [-0.2, 0) is 30.6 Å². The molecular weight excluding hydrogens is 380 g/mol. The van der Waals surface area contributed by atoms with Crippen molar-refractivity contribution in [2.24, 2.45) is 0 Å². The molecule has 0 radical (unpaired) electrons. The van der Waals surface area contributed by atoms with E-state index in [1.165, 1.54) is 5.56 Å². The molecule has 2 N–H and O–H groups in total. The van der Waals surface area contributed by atoms with Gasteiger partial charge in [0.1, 0.15) is 5.82 Å². The number of fused-ring (bicyclic) bond motifs is 2. The first kappa shape index (κ1) is 19.8. The number of aromatic nitrogens is 2. The van der Waals surface area contributed by atoms with Crippen molar-refractivity contribution in [1.29, 1.82) is 0 Å². The highest BCUT2D eigenvalue weighted by Crippen LogP contribution is 2.16. The fourth-order valence-corrected chi connectivity index (χ4v) is 3.69. The number of amides is 2. The molecule has 2 amide bonds. The largest absolute Gasteiger partial charge is 0.296 e. The molecule has 2 aromatic carbocycles. The summed E-state index contributed by atoms with van der Waals surface area (Å²) in [7, 11) is 0. The van der Waals surface area contributed by atoms with E-state index in [0.717, 1.165) is 30.7 Å². The highest BCUT2D eigenvalue weighted by molar-refractivity contribution is 5.98. The van der Waals surface area contributed by atoms with E-state index in [2.05, 4.69) is 34.9 Å². The molecule has 3 aromatic rings. The average molecular weight is 404 g/mol. The van der Waals surface area contributed by atoms with Crippen molar-refractivity contribution >= 4 is 22.7 Å². The molecule has 1 aromatic heterocycles. The standard InChI is InChI=1S/C23H24N4O3/c1-2-15-5-7-16(8-6-15)9-12-21(28)25-26-22(29)17-10-11-18-19(14-17)24-20-4-3-13-27(20)23(18)30/h5-8,10-11,14H,2-4,9,12-13H2,1H3,(H,25,28)(H,26,29). The van der Waals surface area contributed by atoms with Crippen molar-refractivity contribution in [3.05, 3.63) is 75.3 Å². The van der Waals surface area contributed by atoms with Crippen LogP contribution in [0.2, 0.25) is 0 Å². The molecule has 154 valence electrons. The number of hydrazine groups is 1. The van der Waals surface area contributed by atoms with Gasteiger partial charge in [-0.1, -0.05) is 31.2 Å². The molecule has 0 spiro atoms. The number of benzene rings is 2. The van der Waals surface area contributed by atoms with Crippen LogP contribution in [0.1, 0.15) is 47.1 Å². The van der Waals surface area contributed by atoms with Crippen molar-refractivity contribution in [3.8, 4) is 0 Å². The van der Waals surface area contributed by atoms with Gasteiger partial charge in [0, 0.05) is 24.9 Å². The monoisotopic (exact) mass is 404 g/mol. The zero-order chi connectivity index (χ0) is 21.1. The van der Waals surface area contributed by atoms with Crippen molar-refractivity contribution in [2.75, 3.05) is 0 Å². The van der Waals surface area contributed by atoms with Crippen LogP contribution in [0.25, 0.3) is 10.9 Å². The number of aryl methyl sites for hydroxylation is 3. The summed E-state index contributed by atoms with van der Waals surface area (Å²) in [6.45, 7) is 2.79. The summed E-state index contributed by atoms with van der Waals surface area (Å²) in [4.78, 5) is 41.5. The Morgan fingerprint density at radius 3 is 2.60 bits per heavy atom. The fraction of sp³-hybridized carbons (Fsp3) is 0.304. The molecule has 4 rings (SSSR count). The number of hydrogen-bond donors (Lipinski definition) is 2. The van der Waals surface area contributed by atoms with Gasteiger partial charge in [0.2, 0.25) is 5.91 Å². The number of nitrogens with zero attached hydrogens (tertiary/aromatic N) is 2. The third-order valence-electron chi connectivity index (χ3n) is 5.47. The molecule has 2 heterocycles. The minimum absolute atomic E-state index is 0.0697. The molecular formula is C23H24N4O3. The smallest absolute Gasteiger partial charge is 0.269 e. The lowest BCUT2D eigenvalue weighted by atomic mass is 10.1. The van der Waals surface area contributed by atoms with Crippen LogP contribution in [0.4, 0.5) is 0 Å². The summed E-state index contributed by atoms with van der Waals surface area (Å²) in [5, 5.41) is 0.496. The Morgan fingerprint density at radius 1 is 1.07 bits per heavy atom. The van der Waals surface area contributed by atoms with Gasteiger partial charge in [-0.25, -0.2) is 4.98 Å². The predicted octanol–water partition coefficient (Wildman–Crippen LogP) is 2.30. The molecule has 0 bridgehead atoms. The zero-order valence-corrected chi connectivity index (χ0v) is 16.9. The van der Waals surface area contributed by atoms with Crippen molar-refractivity contribution in [1.82, 2.24) is 20.4 Å². The number of carbonyl (C=O) groups is 2. The maximum atomic E-state index is 12.5. The molecule has 1 aliphatic heterocycles. The molecule has 0 atom stereocenters. The second-order valence-corrected chi connectivity index (χ2v) is 7.49. The van der Waals surface area contributed by atoms with Gasteiger partial charge in [0.05, 0.1) is 10.9 Å². The highest BCUT2D eigenvalue weighted by Gasteiger charge is 2.17. The van der Waals surface area contributed by atoms with E-state index in [1.54, 1.807) is 22.8 Å². The van der Waals surface area contributed by atoms with E-state index in [0.29, 0.717) is 29.4 Å². The van der Waals surface area contributed by atoms with Gasteiger partial charge in [-0.2, -0.15) is 0 Å². The quantitative estimate of drug-likeness (QED) is 0.638. The van der Waals surface area contributed by atoms with Gasteiger partial charge in [0.25, 0.3) is 11.5 Å². The summed E-state index contributed by atoms with van der Waals surface area (Å²) in [6, 6.07) is 12.9. The van der Waals surface area contributed by atoms with Crippen molar-refractivity contribution in [2.45, 2.75) is 45.6 Å². The van der Waals surface area contributed by atoms with Gasteiger partial charge in [-0.05, 0) is 48.6 Å². The Balaban J connectivity index is 1.36. The molecule has 0 unspecified atom stereocenters. The molecule has 0 fully saturated rings. The predicted molar refractivity (Wildman–Crippen MR) is 114 cm³/mol. The lowest BCUT2D eigenvalue weighted by Gasteiger charge is -2.09. The Hall–Kier alpha value is -3.48. The van der Waals surface area contributed by atoms with Crippen LogP contribution in [-0.4, -0.2) is 21.4 Å². The fourth-order valence-electron chi connectivity index (χ4n) is 3.69. The van der Waals surface area contributed by atoms with E-state index in [1.807, 2.05) is 12.1 Å². The van der Waals surface area contributed by atoms with Gasteiger partial charge in [0.15, 0.2) is 0 Å². The second kappa shape index (κ2) is 8.49.